The second-order valence-corrected chi connectivity index (χ2v) is 11.1. The van der Waals surface area contributed by atoms with E-state index in [0.29, 0.717) is 24.4 Å². The number of aromatic nitrogens is 1. The standard InChI is InChI=1S/C20H24N2O3S2/c1-13-21-17(11-26-13)15-6-4-5-7-16(15)22-27(24,25)12-20-9-8-14(10-18(20)23)19(20,2)3/h4-7,11,14,22H,8-10,12H2,1-3H3. The van der Waals surface area contributed by atoms with Crippen LogP contribution in [0, 0.1) is 23.7 Å². The van der Waals surface area contributed by atoms with E-state index in [9.17, 15) is 13.2 Å². The van der Waals surface area contributed by atoms with Crippen molar-refractivity contribution in [3.8, 4) is 11.3 Å². The van der Waals surface area contributed by atoms with Crippen LogP contribution < -0.4 is 4.72 Å². The fourth-order valence-corrected chi connectivity index (χ4v) is 7.44. The van der Waals surface area contributed by atoms with Crippen LogP contribution in [0.3, 0.4) is 0 Å². The highest BCUT2D eigenvalue weighted by molar-refractivity contribution is 7.92. The molecule has 2 aromatic rings. The number of ketones is 1. The Morgan fingerprint density at radius 1 is 1.30 bits per heavy atom. The maximum Gasteiger partial charge on any atom is 0.233 e. The highest BCUT2D eigenvalue weighted by atomic mass is 32.2. The number of thiazole rings is 1. The van der Waals surface area contributed by atoms with Gasteiger partial charge in [-0.2, -0.15) is 0 Å². The zero-order valence-electron chi connectivity index (χ0n) is 15.8. The van der Waals surface area contributed by atoms with Gasteiger partial charge in [0, 0.05) is 17.4 Å². The zero-order valence-corrected chi connectivity index (χ0v) is 17.4. The summed E-state index contributed by atoms with van der Waals surface area (Å²) in [6.45, 7) is 6.03. The molecule has 0 saturated heterocycles. The van der Waals surface area contributed by atoms with E-state index in [-0.39, 0.29) is 17.0 Å². The molecule has 144 valence electrons. The predicted molar refractivity (Wildman–Crippen MR) is 108 cm³/mol. The summed E-state index contributed by atoms with van der Waals surface area (Å²) in [4.78, 5) is 17.2. The van der Waals surface area contributed by atoms with Crippen LogP contribution in [0.25, 0.3) is 11.3 Å². The molecule has 1 heterocycles. The second kappa shape index (κ2) is 6.14. The number of hydrogen-bond donors (Lipinski definition) is 1. The minimum atomic E-state index is -3.68. The number of carbonyl (C=O) groups excluding carboxylic acids is 1. The van der Waals surface area contributed by atoms with Crippen molar-refractivity contribution in [3.63, 3.8) is 0 Å². The first-order chi connectivity index (χ1) is 12.6. The molecule has 2 aliphatic rings. The summed E-state index contributed by atoms with van der Waals surface area (Å²) < 4.78 is 28.9. The number of rotatable bonds is 5. The largest absolute Gasteiger partial charge is 0.299 e. The Hall–Kier alpha value is -1.73. The number of benzene rings is 1. The van der Waals surface area contributed by atoms with Crippen molar-refractivity contribution in [2.75, 3.05) is 10.5 Å². The molecule has 0 amide bonds. The number of carbonyl (C=O) groups is 1. The molecule has 0 radical (unpaired) electrons. The number of fused-ring (bicyclic) bond motifs is 2. The summed E-state index contributed by atoms with van der Waals surface area (Å²) >= 11 is 1.53. The van der Waals surface area contributed by atoms with Crippen molar-refractivity contribution in [1.82, 2.24) is 4.98 Å². The average molecular weight is 405 g/mol. The molecule has 2 atom stereocenters. The Morgan fingerprint density at radius 3 is 2.63 bits per heavy atom. The molecule has 2 fully saturated rings. The molecule has 1 aromatic carbocycles. The molecule has 5 nitrogen and oxygen atoms in total. The first-order valence-electron chi connectivity index (χ1n) is 9.20. The van der Waals surface area contributed by atoms with Crippen LogP contribution in [0.1, 0.15) is 38.1 Å². The molecule has 2 saturated carbocycles. The van der Waals surface area contributed by atoms with Gasteiger partial charge >= 0.3 is 0 Å². The van der Waals surface area contributed by atoms with Gasteiger partial charge in [-0.15, -0.1) is 11.3 Å². The van der Waals surface area contributed by atoms with Gasteiger partial charge in [0.1, 0.15) is 5.78 Å². The van der Waals surface area contributed by atoms with Gasteiger partial charge in [-0.05, 0) is 37.2 Å². The molecule has 0 aliphatic heterocycles. The third kappa shape index (κ3) is 2.91. The van der Waals surface area contributed by atoms with Crippen LogP contribution in [0.2, 0.25) is 0 Å². The van der Waals surface area contributed by atoms with E-state index in [1.807, 2.05) is 24.4 Å². The Kier molecular flexibility index (Phi) is 4.23. The summed E-state index contributed by atoms with van der Waals surface area (Å²) in [6.07, 6.45) is 2.11. The minimum Gasteiger partial charge on any atom is -0.299 e. The number of aryl methyl sites for hydroxylation is 1. The van der Waals surface area contributed by atoms with E-state index in [1.54, 1.807) is 12.1 Å². The summed E-state index contributed by atoms with van der Waals surface area (Å²) in [7, 11) is -3.68. The number of sulfonamides is 1. The van der Waals surface area contributed by atoms with E-state index in [0.717, 1.165) is 22.7 Å². The molecule has 0 spiro atoms. The van der Waals surface area contributed by atoms with E-state index < -0.39 is 15.4 Å². The second-order valence-electron chi connectivity index (χ2n) is 8.33. The van der Waals surface area contributed by atoms with Gasteiger partial charge in [-0.25, -0.2) is 13.4 Å². The SMILES string of the molecule is Cc1nc(-c2ccccc2NS(=O)(=O)CC23CCC(CC2=O)C3(C)C)cs1. The van der Waals surface area contributed by atoms with Gasteiger partial charge in [-0.1, -0.05) is 32.0 Å². The first-order valence-corrected chi connectivity index (χ1v) is 11.7. The van der Waals surface area contributed by atoms with E-state index in [2.05, 4.69) is 23.6 Å². The number of anilines is 1. The first kappa shape index (κ1) is 18.6. The van der Waals surface area contributed by atoms with Crippen LogP contribution in [-0.4, -0.2) is 24.9 Å². The Labute approximate surface area is 164 Å². The zero-order chi connectivity index (χ0) is 19.4. The molecule has 4 rings (SSSR count). The Bertz CT molecular complexity index is 1010. The average Bonchev–Trinajstić information content (AvgIpc) is 3.16. The molecule has 2 bridgehead atoms. The number of hydrogen-bond acceptors (Lipinski definition) is 5. The lowest BCUT2D eigenvalue weighted by atomic mass is 9.70. The van der Waals surface area contributed by atoms with Crippen molar-refractivity contribution in [1.29, 1.82) is 0 Å². The van der Waals surface area contributed by atoms with Gasteiger partial charge in [0.25, 0.3) is 0 Å². The van der Waals surface area contributed by atoms with Crippen LogP contribution in [0.15, 0.2) is 29.6 Å². The summed E-state index contributed by atoms with van der Waals surface area (Å²) in [5.41, 5.74) is 0.980. The molecule has 7 heteroatoms. The molecule has 1 N–H and O–H groups in total. The van der Waals surface area contributed by atoms with Gasteiger partial charge in [0.2, 0.25) is 10.0 Å². The van der Waals surface area contributed by atoms with Gasteiger partial charge in [0.15, 0.2) is 0 Å². The lowest BCUT2D eigenvalue weighted by Crippen LogP contribution is -2.43. The highest BCUT2D eigenvalue weighted by Crippen LogP contribution is 2.64. The molecule has 2 aliphatic carbocycles. The molecule has 2 unspecified atom stereocenters. The monoisotopic (exact) mass is 404 g/mol. The van der Waals surface area contributed by atoms with Crippen molar-refractivity contribution in [2.24, 2.45) is 16.7 Å². The quantitative estimate of drug-likeness (QED) is 0.808. The van der Waals surface area contributed by atoms with E-state index in [1.165, 1.54) is 11.3 Å². The maximum atomic E-state index is 13.1. The minimum absolute atomic E-state index is 0.109. The highest BCUT2D eigenvalue weighted by Gasteiger charge is 2.65. The van der Waals surface area contributed by atoms with Gasteiger partial charge in [-0.3, -0.25) is 9.52 Å². The van der Waals surface area contributed by atoms with Crippen LogP contribution in [-0.2, 0) is 14.8 Å². The van der Waals surface area contributed by atoms with Crippen molar-refractivity contribution >= 4 is 32.8 Å². The lowest BCUT2D eigenvalue weighted by Gasteiger charge is -2.36. The molecule has 27 heavy (non-hydrogen) atoms. The summed E-state index contributed by atoms with van der Waals surface area (Å²) in [5.74, 6) is 0.259. The van der Waals surface area contributed by atoms with Crippen molar-refractivity contribution < 1.29 is 13.2 Å². The molecule has 1 aromatic heterocycles. The van der Waals surface area contributed by atoms with Crippen LogP contribution >= 0.6 is 11.3 Å². The van der Waals surface area contributed by atoms with Crippen LogP contribution in [0.4, 0.5) is 5.69 Å². The molecular weight excluding hydrogens is 380 g/mol. The number of Topliss-reactive ketones (excluding diaryl/α,β-unsaturated/α-hetero) is 1. The van der Waals surface area contributed by atoms with Crippen molar-refractivity contribution in [3.05, 3.63) is 34.7 Å². The normalized spacial score (nSPS) is 26.5. The number of nitrogens with zero attached hydrogens (tertiary/aromatic N) is 1. The Morgan fingerprint density at radius 2 is 2.04 bits per heavy atom. The third-order valence-corrected chi connectivity index (χ3v) is 8.84. The number of para-hydroxylation sites is 1. The topological polar surface area (TPSA) is 76.1 Å². The Balaban J connectivity index is 1.65. The summed E-state index contributed by atoms with van der Waals surface area (Å²) in [5, 5.41) is 2.85. The van der Waals surface area contributed by atoms with E-state index in [4.69, 9.17) is 0 Å². The summed E-state index contributed by atoms with van der Waals surface area (Å²) in [6, 6.07) is 7.28. The predicted octanol–water partition coefficient (Wildman–Crippen LogP) is 4.26. The van der Waals surface area contributed by atoms with Crippen molar-refractivity contribution in [2.45, 2.75) is 40.0 Å². The van der Waals surface area contributed by atoms with Crippen LogP contribution in [0.5, 0.6) is 0 Å². The fraction of sp³-hybridized carbons (Fsp3) is 0.500. The fourth-order valence-electron chi connectivity index (χ4n) is 4.92. The van der Waals surface area contributed by atoms with Gasteiger partial charge in [0.05, 0.1) is 27.6 Å². The maximum absolute atomic E-state index is 13.1. The molecular formula is C20H24N2O3S2. The van der Waals surface area contributed by atoms with Gasteiger partial charge < -0.3 is 0 Å². The third-order valence-electron chi connectivity index (χ3n) is 6.66. The lowest BCUT2D eigenvalue weighted by molar-refractivity contribution is -0.128. The van der Waals surface area contributed by atoms with E-state index >= 15 is 0 Å². The number of nitrogens with one attached hydrogen (secondary N) is 1. The smallest absolute Gasteiger partial charge is 0.233 e.